The van der Waals surface area contributed by atoms with Crippen LogP contribution < -0.4 is 10.2 Å². The average molecular weight is 275 g/mol. The lowest BCUT2D eigenvalue weighted by Crippen LogP contribution is -2.12. The monoisotopic (exact) mass is 274 g/mol. The van der Waals surface area contributed by atoms with Gasteiger partial charge in [0.1, 0.15) is 0 Å². The van der Waals surface area contributed by atoms with Gasteiger partial charge in [0, 0.05) is 25.7 Å². The molecule has 0 aromatic heterocycles. The lowest BCUT2D eigenvalue weighted by molar-refractivity contribution is 1.09. The van der Waals surface area contributed by atoms with Crippen molar-refractivity contribution in [1.82, 2.24) is 0 Å². The van der Waals surface area contributed by atoms with Crippen LogP contribution in [0.5, 0.6) is 0 Å². The molecule has 0 radical (unpaired) electrons. The second kappa shape index (κ2) is 5.98. The lowest BCUT2D eigenvalue weighted by Gasteiger charge is -2.19. The van der Waals surface area contributed by atoms with E-state index in [1.807, 2.05) is 32.3 Å². The Kier molecular flexibility index (Phi) is 4.33. The van der Waals surface area contributed by atoms with Crippen LogP contribution in [0, 0.1) is 6.92 Å². The fourth-order valence-electron chi connectivity index (χ4n) is 2.04. The zero-order valence-electron chi connectivity index (χ0n) is 11.6. The SMILES string of the molecule is Cc1ccccc1CNc1cc(Cl)ccc1N(C)C. The van der Waals surface area contributed by atoms with Crippen LogP contribution in [0.4, 0.5) is 11.4 Å². The molecule has 0 atom stereocenters. The molecule has 0 aliphatic rings. The van der Waals surface area contributed by atoms with Gasteiger partial charge in [-0.2, -0.15) is 0 Å². The maximum atomic E-state index is 6.08. The molecule has 2 rings (SSSR count). The van der Waals surface area contributed by atoms with E-state index in [9.17, 15) is 0 Å². The molecule has 0 spiro atoms. The molecule has 0 saturated heterocycles. The van der Waals surface area contributed by atoms with E-state index >= 15 is 0 Å². The summed E-state index contributed by atoms with van der Waals surface area (Å²) < 4.78 is 0. The third kappa shape index (κ3) is 3.42. The summed E-state index contributed by atoms with van der Waals surface area (Å²) in [5, 5.41) is 4.21. The number of aryl methyl sites for hydroxylation is 1. The zero-order chi connectivity index (χ0) is 13.8. The summed E-state index contributed by atoms with van der Waals surface area (Å²) in [6.07, 6.45) is 0. The Bertz CT molecular complexity index is 564. The fourth-order valence-corrected chi connectivity index (χ4v) is 2.21. The minimum atomic E-state index is 0.748. The first-order valence-corrected chi connectivity index (χ1v) is 6.71. The Morgan fingerprint density at radius 2 is 1.84 bits per heavy atom. The number of halogens is 1. The van der Waals surface area contributed by atoms with Crippen molar-refractivity contribution in [2.45, 2.75) is 13.5 Å². The van der Waals surface area contributed by atoms with Gasteiger partial charge in [-0.15, -0.1) is 0 Å². The topological polar surface area (TPSA) is 15.3 Å². The maximum Gasteiger partial charge on any atom is 0.0597 e. The van der Waals surface area contributed by atoms with Crippen molar-refractivity contribution in [3.63, 3.8) is 0 Å². The molecule has 3 heteroatoms. The summed E-state index contributed by atoms with van der Waals surface area (Å²) in [5.41, 5.74) is 4.79. The van der Waals surface area contributed by atoms with Gasteiger partial charge in [-0.3, -0.25) is 0 Å². The van der Waals surface area contributed by atoms with Gasteiger partial charge in [-0.05, 0) is 36.2 Å². The molecule has 2 aromatic rings. The van der Waals surface area contributed by atoms with Gasteiger partial charge in [0.05, 0.1) is 11.4 Å². The summed E-state index contributed by atoms with van der Waals surface area (Å²) in [5.74, 6) is 0. The molecule has 0 saturated carbocycles. The van der Waals surface area contributed by atoms with Crippen LogP contribution in [-0.4, -0.2) is 14.1 Å². The van der Waals surface area contributed by atoms with E-state index in [-0.39, 0.29) is 0 Å². The van der Waals surface area contributed by atoms with Gasteiger partial charge < -0.3 is 10.2 Å². The van der Waals surface area contributed by atoms with Crippen molar-refractivity contribution < 1.29 is 0 Å². The van der Waals surface area contributed by atoms with E-state index < -0.39 is 0 Å². The number of hydrogen-bond donors (Lipinski definition) is 1. The van der Waals surface area contributed by atoms with E-state index in [0.717, 1.165) is 22.9 Å². The predicted molar refractivity (Wildman–Crippen MR) is 84.3 cm³/mol. The molecule has 2 aromatic carbocycles. The van der Waals surface area contributed by atoms with E-state index in [1.165, 1.54) is 11.1 Å². The van der Waals surface area contributed by atoms with E-state index in [0.29, 0.717) is 0 Å². The predicted octanol–water partition coefficient (Wildman–Crippen LogP) is 4.33. The number of anilines is 2. The summed E-state index contributed by atoms with van der Waals surface area (Å²) >= 11 is 6.08. The van der Waals surface area contributed by atoms with Crippen molar-refractivity contribution >= 4 is 23.0 Å². The molecule has 1 N–H and O–H groups in total. The molecule has 0 unspecified atom stereocenters. The van der Waals surface area contributed by atoms with Crippen LogP contribution in [0.2, 0.25) is 5.02 Å². The minimum absolute atomic E-state index is 0.748. The van der Waals surface area contributed by atoms with Gasteiger partial charge in [-0.1, -0.05) is 35.9 Å². The average Bonchev–Trinajstić information content (AvgIpc) is 2.37. The van der Waals surface area contributed by atoms with Crippen LogP contribution in [0.3, 0.4) is 0 Å². The Morgan fingerprint density at radius 1 is 1.11 bits per heavy atom. The molecule has 2 nitrogen and oxygen atoms in total. The second-order valence-electron chi connectivity index (χ2n) is 4.84. The number of benzene rings is 2. The molecule has 0 bridgehead atoms. The third-order valence-corrected chi connectivity index (χ3v) is 3.41. The molecular weight excluding hydrogens is 256 g/mol. The van der Waals surface area contributed by atoms with Crippen LogP contribution in [0.25, 0.3) is 0 Å². The molecule has 0 heterocycles. The minimum Gasteiger partial charge on any atom is -0.379 e. The summed E-state index contributed by atoms with van der Waals surface area (Å²) in [4.78, 5) is 2.08. The first-order valence-electron chi connectivity index (χ1n) is 6.33. The van der Waals surface area contributed by atoms with Gasteiger partial charge >= 0.3 is 0 Å². The second-order valence-corrected chi connectivity index (χ2v) is 5.27. The van der Waals surface area contributed by atoms with Crippen molar-refractivity contribution in [3.8, 4) is 0 Å². The molecular formula is C16H19ClN2. The van der Waals surface area contributed by atoms with Gasteiger partial charge in [0.15, 0.2) is 0 Å². The van der Waals surface area contributed by atoms with Crippen molar-refractivity contribution in [1.29, 1.82) is 0 Å². The molecule has 0 aliphatic heterocycles. The number of hydrogen-bond acceptors (Lipinski definition) is 2. The fraction of sp³-hybridized carbons (Fsp3) is 0.250. The number of rotatable bonds is 4. The van der Waals surface area contributed by atoms with Crippen molar-refractivity contribution in [2.24, 2.45) is 0 Å². The smallest absolute Gasteiger partial charge is 0.0597 e. The first-order chi connectivity index (χ1) is 9.08. The van der Waals surface area contributed by atoms with E-state index in [2.05, 4.69) is 41.4 Å². The van der Waals surface area contributed by atoms with Gasteiger partial charge in [0.25, 0.3) is 0 Å². The normalized spacial score (nSPS) is 10.3. The Balaban J connectivity index is 2.19. The third-order valence-electron chi connectivity index (χ3n) is 3.17. The maximum absolute atomic E-state index is 6.08. The Labute approximate surface area is 120 Å². The van der Waals surface area contributed by atoms with Gasteiger partial charge in [0.2, 0.25) is 0 Å². The van der Waals surface area contributed by atoms with Crippen LogP contribution >= 0.6 is 11.6 Å². The highest BCUT2D eigenvalue weighted by atomic mass is 35.5. The van der Waals surface area contributed by atoms with Crippen LogP contribution in [0.15, 0.2) is 42.5 Å². The first kappa shape index (κ1) is 13.8. The Hall–Kier alpha value is -1.67. The summed E-state index contributed by atoms with van der Waals surface area (Å²) in [6, 6.07) is 14.3. The molecule has 100 valence electrons. The van der Waals surface area contributed by atoms with Crippen LogP contribution in [0.1, 0.15) is 11.1 Å². The van der Waals surface area contributed by atoms with Crippen molar-refractivity contribution in [2.75, 3.05) is 24.3 Å². The van der Waals surface area contributed by atoms with E-state index in [4.69, 9.17) is 11.6 Å². The highest BCUT2D eigenvalue weighted by molar-refractivity contribution is 6.31. The zero-order valence-corrected chi connectivity index (χ0v) is 12.3. The van der Waals surface area contributed by atoms with E-state index in [1.54, 1.807) is 0 Å². The lowest BCUT2D eigenvalue weighted by atomic mass is 10.1. The van der Waals surface area contributed by atoms with Gasteiger partial charge in [-0.25, -0.2) is 0 Å². The standard InChI is InChI=1S/C16H19ClN2/c1-12-6-4-5-7-13(12)11-18-15-10-14(17)8-9-16(15)19(2)3/h4-10,18H,11H2,1-3H3. The number of nitrogens with one attached hydrogen (secondary N) is 1. The highest BCUT2D eigenvalue weighted by Crippen LogP contribution is 2.28. The largest absolute Gasteiger partial charge is 0.379 e. The molecule has 0 aliphatic carbocycles. The summed E-state index contributed by atoms with van der Waals surface area (Å²) in [6.45, 7) is 2.93. The van der Waals surface area contributed by atoms with Crippen LogP contribution in [-0.2, 0) is 6.54 Å². The molecule has 0 amide bonds. The highest BCUT2D eigenvalue weighted by Gasteiger charge is 2.05. The molecule has 0 fully saturated rings. The quantitative estimate of drug-likeness (QED) is 0.893. The number of nitrogens with zero attached hydrogens (tertiary/aromatic N) is 1. The Morgan fingerprint density at radius 3 is 2.53 bits per heavy atom. The molecule has 19 heavy (non-hydrogen) atoms. The van der Waals surface area contributed by atoms with Crippen molar-refractivity contribution in [3.05, 3.63) is 58.6 Å². The summed E-state index contributed by atoms with van der Waals surface area (Å²) in [7, 11) is 4.06.